The number of aryl methyl sites for hydroxylation is 2. The third-order valence-electron chi connectivity index (χ3n) is 6.89. The number of carbonyl (C=O) groups excluding carboxylic acids is 1. The standard InChI is InChI=1S/C29H39ClN2O3/c1-20(2)16-32(17-23-14-26(30)28-27(15-23)34-11-6-12-35-28)29(33)24-7-5-10-31(18-24)19-25-13-21(3)8-9-22(25)4/h8-9,13-15,20,24H,5-7,10-12,16-19H2,1-4H3/t24-/m1/s1. The van der Waals surface area contributed by atoms with Gasteiger partial charge in [-0.15, -0.1) is 0 Å². The van der Waals surface area contributed by atoms with Crippen molar-refractivity contribution < 1.29 is 14.3 Å². The summed E-state index contributed by atoms with van der Waals surface area (Å²) in [6, 6.07) is 10.5. The summed E-state index contributed by atoms with van der Waals surface area (Å²) in [6.07, 6.45) is 2.82. The molecule has 0 aliphatic carbocycles. The molecule has 4 rings (SSSR count). The van der Waals surface area contributed by atoms with Crippen molar-refractivity contribution in [2.75, 3.05) is 32.8 Å². The Morgan fingerprint density at radius 2 is 1.94 bits per heavy atom. The second-order valence-electron chi connectivity index (χ2n) is 10.6. The van der Waals surface area contributed by atoms with Gasteiger partial charge in [-0.2, -0.15) is 0 Å². The summed E-state index contributed by atoms with van der Waals surface area (Å²) in [5.74, 6) is 1.93. The van der Waals surface area contributed by atoms with Crippen molar-refractivity contribution in [2.45, 2.75) is 60.0 Å². The van der Waals surface area contributed by atoms with Crippen molar-refractivity contribution in [3.63, 3.8) is 0 Å². The van der Waals surface area contributed by atoms with Gasteiger partial charge in [-0.05, 0) is 68.0 Å². The van der Waals surface area contributed by atoms with Gasteiger partial charge in [-0.3, -0.25) is 9.69 Å². The van der Waals surface area contributed by atoms with E-state index < -0.39 is 0 Å². The minimum atomic E-state index is 0.0171. The average molecular weight is 499 g/mol. The zero-order valence-electron chi connectivity index (χ0n) is 21.6. The molecule has 0 N–H and O–H groups in total. The minimum Gasteiger partial charge on any atom is -0.489 e. The Morgan fingerprint density at radius 1 is 1.14 bits per heavy atom. The maximum absolute atomic E-state index is 13.8. The van der Waals surface area contributed by atoms with Crippen LogP contribution >= 0.6 is 11.6 Å². The first-order chi connectivity index (χ1) is 16.8. The van der Waals surface area contributed by atoms with E-state index in [1.807, 2.05) is 17.0 Å². The Morgan fingerprint density at radius 3 is 2.74 bits per heavy atom. The molecule has 2 aromatic carbocycles. The van der Waals surface area contributed by atoms with Crippen LogP contribution in [0.25, 0.3) is 0 Å². The molecule has 0 aromatic heterocycles. The monoisotopic (exact) mass is 498 g/mol. The number of hydrogen-bond donors (Lipinski definition) is 0. The SMILES string of the molecule is Cc1ccc(C)c(CN2CCC[C@@H](C(=O)N(Cc3cc(Cl)c4c(c3)OCCCO4)CC(C)C)C2)c1. The van der Waals surface area contributed by atoms with E-state index in [2.05, 4.69) is 50.8 Å². The topological polar surface area (TPSA) is 42.0 Å². The van der Waals surface area contributed by atoms with E-state index in [0.717, 1.165) is 51.0 Å². The number of amides is 1. The number of benzene rings is 2. The van der Waals surface area contributed by atoms with E-state index in [9.17, 15) is 4.79 Å². The summed E-state index contributed by atoms with van der Waals surface area (Å²) in [5, 5.41) is 0.550. The zero-order chi connectivity index (χ0) is 24.9. The van der Waals surface area contributed by atoms with Crippen molar-refractivity contribution in [1.29, 1.82) is 0 Å². The molecule has 1 amide bonds. The normalized spacial score (nSPS) is 18.4. The summed E-state index contributed by atoms with van der Waals surface area (Å²) in [7, 11) is 0. The second-order valence-corrected chi connectivity index (χ2v) is 11.0. The first-order valence-corrected chi connectivity index (χ1v) is 13.3. The number of fused-ring (bicyclic) bond motifs is 1. The highest BCUT2D eigenvalue weighted by atomic mass is 35.5. The van der Waals surface area contributed by atoms with E-state index in [1.54, 1.807) is 0 Å². The van der Waals surface area contributed by atoms with Crippen molar-refractivity contribution >= 4 is 17.5 Å². The van der Waals surface area contributed by atoms with Gasteiger partial charge in [-0.25, -0.2) is 0 Å². The first kappa shape index (κ1) is 25.8. The van der Waals surface area contributed by atoms with E-state index in [4.69, 9.17) is 21.1 Å². The Labute approximate surface area is 215 Å². The maximum atomic E-state index is 13.8. The molecule has 0 saturated carbocycles. The molecule has 190 valence electrons. The van der Waals surface area contributed by atoms with E-state index in [-0.39, 0.29) is 11.8 Å². The van der Waals surface area contributed by atoms with E-state index >= 15 is 0 Å². The van der Waals surface area contributed by atoms with Gasteiger partial charge >= 0.3 is 0 Å². The average Bonchev–Trinajstić information content (AvgIpc) is 3.06. The summed E-state index contributed by atoms with van der Waals surface area (Å²) < 4.78 is 11.7. The molecule has 1 saturated heterocycles. The Hall–Kier alpha value is -2.24. The van der Waals surface area contributed by atoms with Crippen LogP contribution in [0.4, 0.5) is 0 Å². The summed E-state index contributed by atoms with van der Waals surface area (Å²) in [6.45, 7) is 13.8. The summed E-state index contributed by atoms with van der Waals surface area (Å²) >= 11 is 6.54. The molecule has 2 aliphatic rings. The van der Waals surface area contributed by atoms with Crippen LogP contribution in [0.5, 0.6) is 11.5 Å². The lowest BCUT2D eigenvalue weighted by Crippen LogP contribution is -2.45. The highest BCUT2D eigenvalue weighted by Crippen LogP contribution is 2.38. The number of halogens is 1. The third kappa shape index (κ3) is 6.71. The lowest BCUT2D eigenvalue weighted by Gasteiger charge is -2.36. The molecule has 2 aromatic rings. The van der Waals surface area contributed by atoms with E-state index in [0.29, 0.717) is 42.2 Å². The Balaban J connectivity index is 1.48. The fraction of sp³-hybridized carbons (Fsp3) is 0.552. The van der Waals surface area contributed by atoms with Crippen LogP contribution in [0, 0.1) is 25.7 Å². The molecule has 5 nitrogen and oxygen atoms in total. The first-order valence-electron chi connectivity index (χ1n) is 13.0. The molecular formula is C29H39ClN2O3. The number of carbonyl (C=O) groups is 1. The van der Waals surface area contributed by atoms with Crippen LogP contribution in [-0.2, 0) is 17.9 Å². The van der Waals surface area contributed by atoms with E-state index in [1.165, 1.54) is 16.7 Å². The van der Waals surface area contributed by atoms with Crippen LogP contribution < -0.4 is 9.47 Å². The smallest absolute Gasteiger partial charge is 0.227 e. The molecule has 0 radical (unpaired) electrons. The number of ether oxygens (including phenoxy) is 2. The van der Waals surface area contributed by atoms with Gasteiger partial charge in [0.2, 0.25) is 5.91 Å². The number of rotatable bonds is 7. The molecule has 2 aliphatic heterocycles. The van der Waals surface area contributed by atoms with Crippen molar-refractivity contribution in [3.8, 4) is 11.5 Å². The number of piperidine rings is 1. The predicted octanol–water partition coefficient (Wildman–Crippen LogP) is 6.01. The summed E-state index contributed by atoms with van der Waals surface area (Å²) in [5.41, 5.74) is 4.94. The van der Waals surface area contributed by atoms with Crippen LogP contribution in [0.1, 0.15) is 55.4 Å². The van der Waals surface area contributed by atoms with Crippen molar-refractivity contribution in [1.82, 2.24) is 9.80 Å². The van der Waals surface area contributed by atoms with Crippen molar-refractivity contribution in [2.24, 2.45) is 11.8 Å². The Bertz CT molecular complexity index is 1040. The molecule has 0 spiro atoms. The predicted molar refractivity (Wildman–Crippen MR) is 141 cm³/mol. The van der Waals surface area contributed by atoms with Gasteiger partial charge in [0.25, 0.3) is 0 Å². The van der Waals surface area contributed by atoms with Gasteiger partial charge in [0, 0.05) is 32.6 Å². The van der Waals surface area contributed by atoms with Crippen LogP contribution in [-0.4, -0.2) is 48.6 Å². The lowest BCUT2D eigenvalue weighted by atomic mass is 9.94. The van der Waals surface area contributed by atoms with Crippen molar-refractivity contribution in [3.05, 3.63) is 57.6 Å². The third-order valence-corrected chi connectivity index (χ3v) is 7.17. The van der Waals surface area contributed by atoms with Gasteiger partial charge in [0.05, 0.1) is 24.2 Å². The molecule has 35 heavy (non-hydrogen) atoms. The highest BCUT2D eigenvalue weighted by molar-refractivity contribution is 6.32. The summed E-state index contributed by atoms with van der Waals surface area (Å²) in [4.78, 5) is 18.3. The molecule has 2 heterocycles. The van der Waals surface area contributed by atoms with Gasteiger partial charge < -0.3 is 14.4 Å². The zero-order valence-corrected chi connectivity index (χ0v) is 22.4. The minimum absolute atomic E-state index is 0.0171. The quantitative estimate of drug-likeness (QED) is 0.468. The molecular weight excluding hydrogens is 460 g/mol. The van der Waals surface area contributed by atoms with Gasteiger partial charge in [-0.1, -0.05) is 49.2 Å². The fourth-order valence-electron chi connectivity index (χ4n) is 5.14. The second kappa shape index (κ2) is 11.7. The van der Waals surface area contributed by atoms with Crippen LogP contribution in [0.3, 0.4) is 0 Å². The van der Waals surface area contributed by atoms with Gasteiger partial charge in [0.1, 0.15) is 0 Å². The van der Waals surface area contributed by atoms with Crippen LogP contribution in [0.2, 0.25) is 5.02 Å². The van der Waals surface area contributed by atoms with Crippen LogP contribution in [0.15, 0.2) is 30.3 Å². The molecule has 0 unspecified atom stereocenters. The fourth-order valence-corrected chi connectivity index (χ4v) is 5.43. The number of likely N-dealkylation sites (tertiary alicyclic amines) is 1. The number of hydrogen-bond acceptors (Lipinski definition) is 4. The van der Waals surface area contributed by atoms with Gasteiger partial charge in [0.15, 0.2) is 11.5 Å². The Kier molecular flexibility index (Phi) is 8.61. The largest absolute Gasteiger partial charge is 0.489 e. The molecule has 0 bridgehead atoms. The molecule has 6 heteroatoms. The molecule has 1 atom stereocenters. The molecule has 1 fully saturated rings. The lowest BCUT2D eigenvalue weighted by molar-refractivity contribution is -0.138. The maximum Gasteiger partial charge on any atom is 0.227 e. The number of nitrogens with zero attached hydrogens (tertiary/aromatic N) is 2. The highest BCUT2D eigenvalue weighted by Gasteiger charge is 2.30.